The van der Waals surface area contributed by atoms with Crippen LogP contribution in [0.15, 0.2) is 71.9 Å². The standard InChI is InChI=1S/C37H39F5N4O9S/c1-50-25-9-7-22(30(16-25)52-3)19-45(20-23-8-10-26(51-2)17-31(23)53-4)56(48,49)32-15-24(13-14-43-32)44-35(47)29-18-36(55-6,37(40,41)42)21-46(29)28-12-11-27(38)33(39)34(28)54-5/h7-17,29H,18-21H2,1-6H3,(H,43,44,47). The number of alkyl halides is 3. The van der Waals surface area contributed by atoms with Crippen molar-refractivity contribution in [1.29, 1.82) is 0 Å². The maximum atomic E-state index is 14.8. The van der Waals surface area contributed by atoms with Crippen molar-refractivity contribution in [2.24, 2.45) is 0 Å². The fourth-order valence-electron chi connectivity index (χ4n) is 6.33. The molecule has 0 radical (unpaired) electrons. The third-order valence-corrected chi connectivity index (χ3v) is 11.1. The summed E-state index contributed by atoms with van der Waals surface area (Å²) < 4.78 is 134. The van der Waals surface area contributed by atoms with E-state index >= 15 is 0 Å². The highest BCUT2D eigenvalue weighted by atomic mass is 32.2. The summed E-state index contributed by atoms with van der Waals surface area (Å²) in [5, 5.41) is 1.94. The molecule has 3 aromatic carbocycles. The molecule has 1 N–H and O–H groups in total. The predicted molar refractivity (Wildman–Crippen MR) is 193 cm³/mol. The molecule has 1 saturated heterocycles. The van der Waals surface area contributed by atoms with E-state index in [-0.39, 0.29) is 24.5 Å². The van der Waals surface area contributed by atoms with Crippen molar-refractivity contribution >= 4 is 27.3 Å². The summed E-state index contributed by atoms with van der Waals surface area (Å²) in [5.41, 5.74) is -2.48. The van der Waals surface area contributed by atoms with E-state index < -0.39 is 69.1 Å². The van der Waals surface area contributed by atoms with Crippen LogP contribution in [0.5, 0.6) is 28.7 Å². The second-order valence-corrected chi connectivity index (χ2v) is 14.3. The summed E-state index contributed by atoms with van der Waals surface area (Å²) >= 11 is 0. The number of carbonyl (C=O) groups is 1. The van der Waals surface area contributed by atoms with Gasteiger partial charge < -0.3 is 38.6 Å². The molecule has 0 saturated carbocycles. The Labute approximate surface area is 319 Å². The second kappa shape index (κ2) is 16.8. The van der Waals surface area contributed by atoms with Crippen LogP contribution in [0, 0.1) is 11.6 Å². The van der Waals surface area contributed by atoms with Gasteiger partial charge in [0.05, 0.1) is 47.8 Å². The SMILES string of the molecule is COc1ccc(CN(Cc2ccc(OC)cc2OC)S(=O)(=O)c2cc(NC(=O)C3CC(OC)(C(F)(F)F)CN3c3ccc(F)c(F)c3OC)ccn2)c(OC)c1. The highest BCUT2D eigenvalue weighted by Crippen LogP contribution is 2.47. The van der Waals surface area contributed by atoms with Gasteiger partial charge in [0.15, 0.2) is 22.2 Å². The Bertz CT molecular complexity index is 2120. The lowest BCUT2D eigenvalue weighted by Gasteiger charge is -2.31. The quantitative estimate of drug-likeness (QED) is 0.143. The van der Waals surface area contributed by atoms with Gasteiger partial charge in [-0.25, -0.2) is 17.8 Å². The molecule has 2 atom stereocenters. The van der Waals surface area contributed by atoms with Crippen LogP contribution in [-0.4, -0.2) is 90.6 Å². The van der Waals surface area contributed by atoms with Gasteiger partial charge in [-0.1, -0.05) is 12.1 Å². The molecule has 0 aliphatic carbocycles. The van der Waals surface area contributed by atoms with Gasteiger partial charge in [0.25, 0.3) is 10.0 Å². The van der Waals surface area contributed by atoms with Gasteiger partial charge in [-0.3, -0.25) is 4.79 Å². The highest BCUT2D eigenvalue weighted by Gasteiger charge is 2.63. The van der Waals surface area contributed by atoms with Crippen LogP contribution in [-0.2, 0) is 32.6 Å². The van der Waals surface area contributed by atoms with Crippen LogP contribution < -0.4 is 33.9 Å². The smallest absolute Gasteiger partial charge is 0.419 e. The Morgan fingerprint density at radius 3 is 1.95 bits per heavy atom. The summed E-state index contributed by atoms with van der Waals surface area (Å²) in [6.45, 7) is -1.47. The number of hydrogen-bond donors (Lipinski definition) is 1. The first-order valence-corrected chi connectivity index (χ1v) is 18.1. The first kappa shape index (κ1) is 41.8. The van der Waals surface area contributed by atoms with Crippen molar-refractivity contribution in [3.8, 4) is 28.7 Å². The molecule has 2 heterocycles. The molecule has 1 fully saturated rings. The number of halogens is 5. The molecule has 56 heavy (non-hydrogen) atoms. The van der Waals surface area contributed by atoms with E-state index in [0.29, 0.717) is 40.2 Å². The maximum Gasteiger partial charge on any atom is 0.419 e. The number of sulfonamides is 1. The van der Waals surface area contributed by atoms with Gasteiger partial charge in [-0.15, -0.1) is 0 Å². The van der Waals surface area contributed by atoms with Crippen molar-refractivity contribution in [2.75, 3.05) is 59.4 Å². The molecule has 1 aromatic heterocycles. The fraction of sp³-hybridized carbons (Fsp3) is 0.351. The minimum absolute atomic E-state index is 0.147. The largest absolute Gasteiger partial charge is 0.497 e. The third kappa shape index (κ3) is 8.24. The molecule has 1 aliphatic heterocycles. The van der Waals surface area contributed by atoms with Crippen molar-refractivity contribution in [2.45, 2.75) is 42.4 Å². The Kier molecular flexibility index (Phi) is 12.5. The van der Waals surface area contributed by atoms with Crippen molar-refractivity contribution in [3.05, 3.63) is 89.6 Å². The van der Waals surface area contributed by atoms with E-state index in [1.165, 1.54) is 34.5 Å². The zero-order chi connectivity index (χ0) is 41.0. The number of rotatable bonds is 15. The fourth-order valence-corrected chi connectivity index (χ4v) is 7.68. The molecule has 2 unspecified atom stereocenters. The second-order valence-electron chi connectivity index (χ2n) is 12.5. The molecular weight excluding hydrogens is 771 g/mol. The van der Waals surface area contributed by atoms with Crippen molar-refractivity contribution in [3.63, 3.8) is 0 Å². The number of anilines is 2. The molecule has 302 valence electrons. The van der Waals surface area contributed by atoms with Crippen LogP contribution in [0.3, 0.4) is 0 Å². The summed E-state index contributed by atoms with van der Waals surface area (Å²) in [5.74, 6) is -3.00. The maximum absolute atomic E-state index is 14.8. The predicted octanol–water partition coefficient (Wildman–Crippen LogP) is 5.96. The monoisotopic (exact) mass is 810 g/mol. The average molecular weight is 811 g/mol. The van der Waals surface area contributed by atoms with Gasteiger partial charge in [0.2, 0.25) is 11.7 Å². The number of pyridine rings is 1. The van der Waals surface area contributed by atoms with E-state index in [4.69, 9.17) is 28.4 Å². The normalized spacial score (nSPS) is 17.1. The number of ether oxygens (including phenoxy) is 6. The average Bonchev–Trinajstić information content (AvgIpc) is 3.61. The number of carbonyl (C=O) groups excluding carboxylic acids is 1. The summed E-state index contributed by atoms with van der Waals surface area (Å²) in [6.07, 6.45) is -4.86. The van der Waals surface area contributed by atoms with E-state index in [0.717, 1.165) is 41.8 Å². The number of hydrogen-bond acceptors (Lipinski definition) is 11. The molecule has 0 bridgehead atoms. The van der Waals surface area contributed by atoms with Gasteiger partial charge >= 0.3 is 6.18 Å². The number of nitrogens with zero attached hydrogens (tertiary/aromatic N) is 3. The topological polar surface area (TPSA) is 138 Å². The molecule has 0 spiro atoms. The van der Waals surface area contributed by atoms with Crippen LogP contribution >= 0.6 is 0 Å². The van der Waals surface area contributed by atoms with Gasteiger partial charge in [-0.2, -0.15) is 21.9 Å². The first-order valence-electron chi connectivity index (χ1n) is 16.7. The molecule has 4 aromatic rings. The number of benzene rings is 3. The lowest BCUT2D eigenvalue weighted by molar-refractivity contribution is -0.261. The third-order valence-electron chi connectivity index (χ3n) is 9.37. The lowest BCUT2D eigenvalue weighted by Crippen LogP contribution is -2.49. The van der Waals surface area contributed by atoms with Crippen molar-refractivity contribution in [1.82, 2.24) is 9.29 Å². The summed E-state index contributed by atoms with van der Waals surface area (Å²) in [6, 6.07) is 12.0. The molecule has 1 amide bonds. The minimum Gasteiger partial charge on any atom is -0.497 e. The van der Waals surface area contributed by atoms with Crippen LogP contribution in [0.25, 0.3) is 0 Å². The minimum atomic E-state index is -5.00. The number of amides is 1. The van der Waals surface area contributed by atoms with E-state index in [9.17, 15) is 35.2 Å². The van der Waals surface area contributed by atoms with Crippen LogP contribution in [0.1, 0.15) is 17.5 Å². The van der Waals surface area contributed by atoms with Crippen LogP contribution in [0.2, 0.25) is 0 Å². The zero-order valence-electron chi connectivity index (χ0n) is 31.1. The van der Waals surface area contributed by atoms with Crippen LogP contribution in [0.4, 0.5) is 33.3 Å². The Hall–Kier alpha value is -5.40. The Balaban J connectivity index is 1.52. The number of methoxy groups -OCH3 is 6. The molecule has 13 nitrogen and oxygen atoms in total. The lowest BCUT2D eigenvalue weighted by atomic mass is 9.99. The van der Waals surface area contributed by atoms with Gasteiger partial charge in [0.1, 0.15) is 29.0 Å². The molecular formula is C37H39F5N4O9S. The van der Waals surface area contributed by atoms with E-state index in [2.05, 4.69) is 10.3 Å². The van der Waals surface area contributed by atoms with E-state index in [1.54, 1.807) is 36.4 Å². The van der Waals surface area contributed by atoms with Gasteiger partial charge in [0, 0.05) is 67.8 Å². The Morgan fingerprint density at radius 1 is 0.857 bits per heavy atom. The highest BCUT2D eigenvalue weighted by molar-refractivity contribution is 7.89. The molecule has 5 rings (SSSR count). The summed E-state index contributed by atoms with van der Waals surface area (Å²) in [7, 11) is 3.03. The van der Waals surface area contributed by atoms with Crippen molar-refractivity contribution < 1.29 is 63.6 Å². The van der Waals surface area contributed by atoms with E-state index in [1.807, 2.05) is 0 Å². The summed E-state index contributed by atoms with van der Waals surface area (Å²) in [4.78, 5) is 18.9. The molecule has 19 heteroatoms. The Morgan fingerprint density at radius 2 is 1.45 bits per heavy atom. The zero-order valence-corrected chi connectivity index (χ0v) is 31.9. The number of aromatic nitrogens is 1. The number of nitrogens with one attached hydrogen (secondary N) is 1. The first-order chi connectivity index (χ1) is 26.6. The van der Waals surface area contributed by atoms with Gasteiger partial charge in [-0.05, 0) is 30.3 Å². The molecule has 1 aliphatic rings.